The molecule has 39 heavy (non-hydrogen) atoms. The second-order valence-electron chi connectivity index (χ2n) is 9.50. The van der Waals surface area contributed by atoms with E-state index in [1.807, 2.05) is 4.90 Å². The van der Waals surface area contributed by atoms with Crippen LogP contribution in [-0.4, -0.2) is 58.6 Å². The van der Waals surface area contributed by atoms with Gasteiger partial charge < -0.3 is 25.2 Å². The average molecular weight is 547 g/mol. The van der Waals surface area contributed by atoms with Crippen LogP contribution in [-0.2, 0) is 9.53 Å². The van der Waals surface area contributed by atoms with Crippen LogP contribution in [0.3, 0.4) is 0 Å². The van der Waals surface area contributed by atoms with Crippen LogP contribution in [0.5, 0.6) is 5.75 Å². The molecule has 206 valence electrons. The molecule has 4 atom stereocenters. The number of alkyl halides is 3. The van der Waals surface area contributed by atoms with E-state index in [2.05, 4.69) is 20.4 Å². The fourth-order valence-corrected chi connectivity index (χ4v) is 4.85. The molecular formula is C27H26F4N4O4. The summed E-state index contributed by atoms with van der Waals surface area (Å²) in [6.45, 7) is 2.78. The Labute approximate surface area is 221 Å². The number of hydrogen-bond acceptors (Lipinski definition) is 7. The molecule has 5 rings (SSSR count). The summed E-state index contributed by atoms with van der Waals surface area (Å²) in [5.74, 6) is -1.49. The van der Waals surface area contributed by atoms with Crippen LogP contribution in [0.4, 0.5) is 28.9 Å². The minimum atomic E-state index is -4.97. The number of benzene rings is 2. The number of aliphatic hydroxyl groups excluding tert-OH is 1. The number of likely N-dealkylation sites (tertiary alicyclic amines) is 1. The number of anilines is 2. The second-order valence-corrected chi connectivity index (χ2v) is 9.50. The standard InChI is InChI=1S/C27H26F4N4O4/c1-15(35-13-21-11-20(35)14-38-21)25(36)34-23-10-19(6-8-24(23)39-27(29,30)31)33-26(37)17-5-7-22(32-12-17)16-3-2-4-18(28)9-16/h2-10,12,15,20-21,26,33,37H,11,13-14H2,1H3,(H,34,36). The minimum Gasteiger partial charge on any atom is -0.404 e. The first-order chi connectivity index (χ1) is 18.6. The Bertz CT molecular complexity index is 1340. The van der Waals surface area contributed by atoms with Gasteiger partial charge in [0.1, 0.15) is 5.82 Å². The van der Waals surface area contributed by atoms with E-state index in [9.17, 15) is 27.5 Å². The Hall–Kier alpha value is -3.74. The van der Waals surface area contributed by atoms with Gasteiger partial charge in [-0.1, -0.05) is 18.2 Å². The molecule has 12 heteroatoms. The number of morpholine rings is 1. The maximum absolute atomic E-state index is 13.5. The van der Waals surface area contributed by atoms with E-state index in [1.54, 1.807) is 31.2 Å². The van der Waals surface area contributed by atoms with Crippen LogP contribution in [0.25, 0.3) is 11.3 Å². The molecule has 0 radical (unpaired) electrons. The van der Waals surface area contributed by atoms with Crippen molar-refractivity contribution in [3.05, 3.63) is 72.2 Å². The van der Waals surface area contributed by atoms with Crippen molar-refractivity contribution in [3.63, 3.8) is 0 Å². The van der Waals surface area contributed by atoms with E-state index < -0.39 is 36.1 Å². The summed E-state index contributed by atoms with van der Waals surface area (Å²) in [6.07, 6.45) is -3.98. The molecule has 2 bridgehead atoms. The fourth-order valence-electron chi connectivity index (χ4n) is 4.85. The van der Waals surface area contributed by atoms with Crippen molar-refractivity contribution < 1.29 is 36.9 Å². The molecule has 0 aliphatic carbocycles. The third-order valence-corrected chi connectivity index (χ3v) is 6.81. The number of nitrogens with one attached hydrogen (secondary N) is 2. The topological polar surface area (TPSA) is 96.0 Å². The van der Waals surface area contributed by atoms with Gasteiger partial charge in [0.25, 0.3) is 0 Å². The molecular weight excluding hydrogens is 520 g/mol. The highest BCUT2D eigenvalue weighted by Gasteiger charge is 2.43. The third kappa shape index (κ3) is 6.29. The first kappa shape index (κ1) is 26.9. The Morgan fingerprint density at radius 3 is 2.67 bits per heavy atom. The second kappa shape index (κ2) is 10.8. The number of halogens is 4. The van der Waals surface area contributed by atoms with Crippen molar-refractivity contribution in [1.29, 1.82) is 0 Å². The van der Waals surface area contributed by atoms with E-state index in [1.165, 1.54) is 30.5 Å². The summed E-state index contributed by atoms with van der Waals surface area (Å²) >= 11 is 0. The van der Waals surface area contributed by atoms with Crippen LogP contribution in [0.1, 0.15) is 25.1 Å². The van der Waals surface area contributed by atoms with Gasteiger partial charge in [-0.2, -0.15) is 0 Å². The minimum absolute atomic E-state index is 0.0563. The summed E-state index contributed by atoms with van der Waals surface area (Å²) in [6, 6.07) is 12.2. The van der Waals surface area contributed by atoms with Crippen molar-refractivity contribution >= 4 is 17.3 Å². The summed E-state index contributed by atoms with van der Waals surface area (Å²) in [5.41, 5.74) is 1.44. The number of amides is 1. The number of hydrogen-bond donors (Lipinski definition) is 3. The van der Waals surface area contributed by atoms with Gasteiger partial charge in [-0.25, -0.2) is 4.39 Å². The number of fused-ring (bicyclic) bond motifs is 2. The molecule has 2 saturated heterocycles. The smallest absolute Gasteiger partial charge is 0.404 e. The Morgan fingerprint density at radius 1 is 1.21 bits per heavy atom. The Kier molecular flexibility index (Phi) is 7.43. The number of rotatable bonds is 8. The highest BCUT2D eigenvalue weighted by Crippen LogP contribution is 2.35. The zero-order chi connectivity index (χ0) is 27.7. The number of nitrogens with zero attached hydrogens (tertiary/aromatic N) is 2. The first-order valence-electron chi connectivity index (χ1n) is 12.3. The molecule has 0 spiro atoms. The highest BCUT2D eigenvalue weighted by atomic mass is 19.4. The quantitative estimate of drug-likeness (QED) is 0.279. The molecule has 1 amide bonds. The molecule has 8 nitrogen and oxygen atoms in total. The van der Waals surface area contributed by atoms with Gasteiger partial charge in [0.15, 0.2) is 12.0 Å². The van der Waals surface area contributed by atoms with E-state index in [-0.39, 0.29) is 23.5 Å². The van der Waals surface area contributed by atoms with Crippen LogP contribution in [0.15, 0.2) is 60.8 Å². The van der Waals surface area contributed by atoms with Crippen LogP contribution in [0, 0.1) is 5.82 Å². The lowest BCUT2D eigenvalue weighted by molar-refractivity contribution is -0.274. The predicted octanol–water partition coefficient (Wildman–Crippen LogP) is 4.69. The maximum Gasteiger partial charge on any atom is 0.573 e. The molecule has 2 fully saturated rings. The third-order valence-electron chi connectivity index (χ3n) is 6.81. The lowest BCUT2D eigenvalue weighted by atomic mass is 10.1. The van der Waals surface area contributed by atoms with Gasteiger partial charge in [0, 0.05) is 35.6 Å². The van der Waals surface area contributed by atoms with Gasteiger partial charge in [-0.05, 0) is 49.7 Å². The summed E-state index contributed by atoms with van der Waals surface area (Å²) in [7, 11) is 0. The molecule has 4 unspecified atom stereocenters. The molecule has 1 aromatic heterocycles. The van der Waals surface area contributed by atoms with Gasteiger partial charge >= 0.3 is 6.36 Å². The molecule has 0 saturated carbocycles. The summed E-state index contributed by atoms with van der Waals surface area (Å²) < 4.78 is 62.3. The van der Waals surface area contributed by atoms with Crippen LogP contribution in [0.2, 0.25) is 0 Å². The summed E-state index contributed by atoms with van der Waals surface area (Å²) in [5, 5.41) is 16.0. The Morgan fingerprint density at radius 2 is 2.03 bits per heavy atom. The number of aromatic nitrogens is 1. The van der Waals surface area contributed by atoms with Gasteiger partial charge in [0.2, 0.25) is 5.91 Å². The zero-order valence-corrected chi connectivity index (χ0v) is 20.8. The monoisotopic (exact) mass is 546 g/mol. The number of aliphatic hydroxyl groups is 1. The normalized spacial score (nSPS) is 20.5. The van der Waals surface area contributed by atoms with E-state index in [4.69, 9.17) is 4.74 Å². The van der Waals surface area contributed by atoms with E-state index >= 15 is 0 Å². The van der Waals surface area contributed by atoms with Crippen molar-refractivity contribution in [2.75, 3.05) is 23.8 Å². The summed E-state index contributed by atoms with van der Waals surface area (Å²) in [4.78, 5) is 19.2. The average Bonchev–Trinajstić information content (AvgIpc) is 3.53. The van der Waals surface area contributed by atoms with Gasteiger partial charge in [-0.3, -0.25) is 14.7 Å². The SMILES string of the molecule is CC(C(=O)Nc1cc(NC(O)c2ccc(-c3cccc(F)c3)nc2)ccc1OC(F)(F)F)N1CC2CC1CO2. The molecule has 3 heterocycles. The number of carbonyl (C=O) groups is 1. The number of ether oxygens (including phenoxy) is 2. The van der Waals surface area contributed by atoms with Crippen molar-refractivity contribution in [1.82, 2.24) is 9.88 Å². The molecule has 3 aromatic rings. The van der Waals surface area contributed by atoms with Crippen LogP contribution < -0.4 is 15.4 Å². The van der Waals surface area contributed by atoms with Crippen LogP contribution >= 0.6 is 0 Å². The predicted molar refractivity (Wildman–Crippen MR) is 134 cm³/mol. The Balaban J connectivity index is 1.31. The number of carbonyl (C=O) groups excluding carboxylic acids is 1. The molecule has 2 aliphatic rings. The lowest BCUT2D eigenvalue weighted by Crippen LogP contribution is -2.48. The van der Waals surface area contributed by atoms with Crippen molar-refractivity contribution in [3.8, 4) is 17.0 Å². The zero-order valence-electron chi connectivity index (χ0n) is 20.8. The van der Waals surface area contributed by atoms with Crippen molar-refractivity contribution in [2.45, 2.75) is 44.1 Å². The van der Waals surface area contributed by atoms with Gasteiger partial charge in [-0.15, -0.1) is 13.2 Å². The molecule has 2 aromatic carbocycles. The maximum atomic E-state index is 13.5. The van der Waals surface area contributed by atoms with Crippen molar-refractivity contribution in [2.24, 2.45) is 0 Å². The van der Waals surface area contributed by atoms with E-state index in [0.29, 0.717) is 30.0 Å². The first-order valence-corrected chi connectivity index (χ1v) is 12.3. The highest BCUT2D eigenvalue weighted by molar-refractivity contribution is 5.96. The van der Waals surface area contributed by atoms with E-state index in [0.717, 1.165) is 12.5 Å². The fraction of sp³-hybridized carbons (Fsp3) is 0.333. The number of pyridine rings is 1. The van der Waals surface area contributed by atoms with Gasteiger partial charge in [0.05, 0.1) is 30.1 Å². The molecule has 2 aliphatic heterocycles. The molecule has 3 N–H and O–H groups in total. The largest absolute Gasteiger partial charge is 0.573 e. The lowest BCUT2D eigenvalue weighted by Gasteiger charge is -2.31.